The van der Waals surface area contributed by atoms with Crippen molar-refractivity contribution in [3.05, 3.63) is 0 Å². The van der Waals surface area contributed by atoms with E-state index in [4.69, 9.17) is 10.8 Å². The summed E-state index contributed by atoms with van der Waals surface area (Å²) in [7, 11) is 0. The number of carboxylic acid groups (broad SMARTS) is 1. The van der Waals surface area contributed by atoms with E-state index in [1.54, 1.807) is 6.92 Å². The van der Waals surface area contributed by atoms with Crippen molar-refractivity contribution >= 4 is 17.9 Å². The van der Waals surface area contributed by atoms with Crippen LogP contribution < -0.4 is 16.4 Å². The van der Waals surface area contributed by atoms with E-state index in [0.29, 0.717) is 6.42 Å². The van der Waals surface area contributed by atoms with Crippen molar-refractivity contribution in [3.63, 3.8) is 0 Å². The molecule has 110 valence electrons. The summed E-state index contributed by atoms with van der Waals surface area (Å²) in [6.07, 6.45) is 0.618. The van der Waals surface area contributed by atoms with Gasteiger partial charge in [0.05, 0.1) is 0 Å². The van der Waals surface area contributed by atoms with E-state index < -0.39 is 29.5 Å². The molecule has 0 saturated carbocycles. The third kappa shape index (κ3) is 5.58. The summed E-state index contributed by atoms with van der Waals surface area (Å²) in [5.41, 5.74) is 3.66. The van der Waals surface area contributed by atoms with Crippen molar-refractivity contribution in [3.8, 4) is 0 Å². The first-order valence-corrected chi connectivity index (χ1v) is 6.23. The first-order valence-electron chi connectivity index (χ1n) is 6.23. The highest BCUT2D eigenvalue weighted by Gasteiger charge is 2.35. The molecule has 0 aliphatic carbocycles. The fourth-order valence-electron chi connectivity index (χ4n) is 1.53. The number of nitrogens with one attached hydrogen (secondary N) is 2. The van der Waals surface area contributed by atoms with Gasteiger partial charge in [-0.05, 0) is 25.7 Å². The van der Waals surface area contributed by atoms with Crippen molar-refractivity contribution in [2.75, 3.05) is 0 Å². The smallest absolute Gasteiger partial charge is 0.329 e. The van der Waals surface area contributed by atoms with Crippen LogP contribution in [0.25, 0.3) is 0 Å². The van der Waals surface area contributed by atoms with Crippen molar-refractivity contribution in [2.24, 2.45) is 11.7 Å². The summed E-state index contributed by atoms with van der Waals surface area (Å²) in [4.78, 5) is 34.1. The molecule has 2 unspecified atom stereocenters. The maximum absolute atomic E-state index is 12.0. The Morgan fingerprint density at radius 2 is 1.84 bits per heavy atom. The van der Waals surface area contributed by atoms with Crippen LogP contribution in [0.1, 0.15) is 40.5 Å². The van der Waals surface area contributed by atoms with Gasteiger partial charge in [-0.25, -0.2) is 9.59 Å². The molecule has 0 saturated heterocycles. The molecule has 7 nitrogen and oxygen atoms in total. The fourth-order valence-corrected chi connectivity index (χ4v) is 1.53. The zero-order valence-electron chi connectivity index (χ0n) is 11.8. The van der Waals surface area contributed by atoms with Gasteiger partial charge in [0.2, 0.25) is 5.91 Å². The fraction of sp³-hybridized carbons (Fsp3) is 0.750. The van der Waals surface area contributed by atoms with Gasteiger partial charge in [0.1, 0.15) is 11.6 Å². The number of primary amides is 1. The molecule has 3 amide bonds. The number of carbonyl (C=O) groups excluding carboxylic acids is 2. The minimum absolute atomic E-state index is 0.153. The van der Waals surface area contributed by atoms with E-state index in [1.165, 1.54) is 6.92 Å². The Bertz CT molecular complexity index is 357. The number of hydrogen-bond acceptors (Lipinski definition) is 3. The lowest BCUT2D eigenvalue weighted by Gasteiger charge is -2.28. The SMILES string of the molecule is CCC(C)(NC(=O)C(CC(C)C)NC(N)=O)C(=O)O. The summed E-state index contributed by atoms with van der Waals surface area (Å²) < 4.78 is 0. The molecule has 19 heavy (non-hydrogen) atoms. The summed E-state index contributed by atoms with van der Waals surface area (Å²) in [5.74, 6) is -1.51. The lowest BCUT2D eigenvalue weighted by Crippen LogP contribution is -2.58. The van der Waals surface area contributed by atoms with Crippen LogP contribution >= 0.6 is 0 Å². The molecular weight excluding hydrogens is 250 g/mol. The van der Waals surface area contributed by atoms with Crippen LogP contribution in [-0.4, -0.2) is 34.6 Å². The van der Waals surface area contributed by atoms with E-state index >= 15 is 0 Å². The molecule has 0 aliphatic heterocycles. The zero-order chi connectivity index (χ0) is 15.2. The second kappa shape index (κ2) is 6.96. The Labute approximate surface area is 112 Å². The van der Waals surface area contributed by atoms with Crippen molar-refractivity contribution in [2.45, 2.75) is 52.1 Å². The second-order valence-corrected chi connectivity index (χ2v) is 5.17. The first-order chi connectivity index (χ1) is 8.62. The molecule has 0 spiro atoms. The molecule has 0 fully saturated rings. The monoisotopic (exact) mass is 273 g/mol. The average Bonchev–Trinajstić information content (AvgIpc) is 2.26. The number of hydrogen-bond donors (Lipinski definition) is 4. The van der Waals surface area contributed by atoms with Crippen LogP contribution in [-0.2, 0) is 9.59 Å². The highest BCUT2D eigenvalue weighted by Crippen LogP contribution is 2.12. The van der Waals surface area contributed by atoms with Gasteiger partial charge in [0.25, 0.3) is 0 Å². The van der Waals surface area contributed by atoms with Crippen LogP contribution in [0, 0.1) is 5.92 Å². The molecule has 0 aliphatic rings. The Hall–Kier alpha value is -1.79. The van der Waals surface area contributed by atoms with Crippen LogP contribution in [0.2, 0.25) is 0 Å². The van der Waals surface area contributed by atoms with Gasteiger partial charge in [-0.15, -0.1) is 0 Å². The predicted octanol–water partition coefficient (Wildman–Crippen LogP) is 0.439. The first kappa shape index (κ1) is 17.2. The van der Waals surface area contributed by atoms with Gasteiger partial charge >= 0.3 is 12.0 Å². The second-order valence-electron chi connectivity index (χ2n) is 5.17. The quantitative estimate of drug-likeness (QED) is 0.537. The molecule has 0 rings (SSSR count). The minimum Gasteiger partial charge on any atom is -0.480 e. The molecule has 0 heterocycles. The number of carboxylic acids is 1. The molecule has 0 aromatic carbocycles. The summed E-state index contributed by atoms with van der Waals surface area (Å²) >= 11 is 0. The largest absolute Gasteiger partial charge is 0.480 e. The Morgan fingerprint density at radius 3 is 2.16 bits per heavy atom. The van der Waals surface area contributed by atoms with Crippen molar-refractivity contribution < 1.29 is 19.5 Å². The Morgan fingerprint density at radius 1 is 1.32 bits per heavy atom. The van der Waals surface area contributed by atoms with Gasteiger partial charge in [-0.2, -0.15) is 0 Å². The van der Waals surface area contributed by atoms with Crippen molar-refractivity contribution in [1.82, 2.24) is 10.6 Å². The van der Waals surface area contributed by atoms with Gasteiger partial charge < -0.3 is 21.5 Å². The Balaban J connectivity index is 4.89. The van der Waals surface area contributed by atoms with E-state index in [-0.39, 0.29) is 12.3 Å². The number of urea groups is 1. The standard InChI is InChI=1S/C12H23N3O4/c1-5-12(4,10(17)18)15-9(16)8(6-7(2)3)14-11(13)19/h7-8H,5-6H2,1-4H3,(H,15,16)(H,17,18)(H3,13,14,19). The lowest BCUT2D eigenvalue weighted by molar-refractivity contribution is -0.147. The molecule has 7 heteroatoms. The van der Waals surface area contributed by atoms with E-state index in [9.17, 15) is 14.4 Å². The number of amides is 3. The molecule has 2 atom stereocenters. The molecule has 0 radical (unpaired) electrons. The number of nitrogens with two attached hydrogens (primary N) is 1. The van der Waals surface area contributed by atoms with Gasteiger partial charge in [0.15, 0.2) is 0 Å². The maximum atomic E-state index is 12.0. The number of carbonyl (C=O) groups is 3. The topological polar surface area (TPSA) is 122 Å². The Kier molecular flexibility index (Phi) is 6.31. The van der Waals surface area contributed by atoms with Crippen LogP contribution in [0.5, 0.6) is 0 Å². The summed E-state index contributed by atoms with van der Waals surface area (Å²) in [5, 5.41) is 13.9. The zero-order valence-corrected chi connectivity index (χ0v) is 11.8. The normalized spacial score (nSPS) is 15.4. The highest BCUT2D eigenvalue weighted by atomic mass is 16.4. The molecular formula is C12H23N3O4. The maximum Gasteiger partial charge on any atom is 0.329 e. The average molecular weight is 273 g/mol. The van der Waals surface area contributed by atoms with Gasteiger partial charge in [-0.1, -0.05) is 20.8 Å². The van der Waals surface area contributed by atoms with Gasteiger partial charge in [-0.3, -0.25) is 4.79 Å². The third-order valence-corrected chi connectivity index (χ3v) is 2.92. The van der Waals surface area contributed by atoms with E-state index in [1.807, 2.05) is 13.8 Å². The van der Waals surface area contributed by atoms with Crippen molar-refractivity contribution in [1.29, 1.82) is 0 Å². The molecule has 0 aromatic heterocycles. The molecule has 5 N–H and O–H groups in total. The van der Waals surface area contributed by atoms with Crippen LogP contribution in [0.3, 0.4) is 0 Å². The summed E-state index contributed by atoms with van der Waals surface area (Å²) in [6, 6.07) is -1.64. The number of aliphatic carboxylic acids is 1. The van der Waals surface area contributed by atoms with Crippen LogP contribution in [0.4, 0.5) is 4.79 Å². The predicted molar refractivity (Wildman–Crippen MR) is 70.4 cm³/mol. The van der Waals surface area contributed by atoms with Gasteiger partial charge in [0, 0.05) is 0 Å². The molecule has 0 aromatic rings. The molecule has 0 bridgehead atoms. The lowest BCUT2D eigenvalue weighted by atomic mass is 9.97. The summed E-state index contributed by atoms with van der Waals surface area (Å²) in [6.45, 7) is 6.86. The number of rotatable bonds is 7. The minimum atomic E-state index is -1.36. The third-order valence-electron chi connectivity index (χ3n) is 2.92. The van der Waals surface area contributed by atoms with E-state index in [2.05, 4.69) is 10.6 Å². The highest BCUT2D eigenvalue weighted by molar-refractivity contribution is 5.91. The van der Waals surface area contributed by atoms with E-state index in [0.717, 1.165) is 0 Å². The van der Waals surface area contributed by atoms with Crippen LogP contribution in [0.15, 0.2) is 0 Å².